The van der Waals surface area contributed by atoms with Crippen LogP contribution in [0.1, 0.15) is 50.8 Å². The van der Waals surface area contributed by atoms with Gasteiger partial charge in [0.1, 0.15) is 11.9 Å². The molecule has 1 aliphatic heterocycles. The van der Waals surface area contributed by atoms with E-state index in [4.69, 9.17) is 4.98 Å². The van der Waals surface area contributed by atoms with Crippen LogP contribution in [-0.4, -0.2) is 51.8 Å². The van der Waals surface area contributed by atoms with Crippen molar-refractivity contribution in [1.29, 1.82) is 0 Å². The van der Waals surface area contributed by atoms with Crippen LogP contribution in [0.25, 0.3) is 11.4 Å². The zero-order chi connectivity index (χ0) is 23.6. The minimum absolute atomic E-state index is 0.0444. The lowest BCUT2D eigenvalue weighted by Crippen LogP contribution is -2.53. The zero-order valence-corrected chi connectivity index (χ0v) is 19.7. The third kappa shape index (κ3) is 4.69. The van der Waals surface area contributed by atoms with Gasteiger partial charge in [-0.1, -0.05) is 65.0 Å². The Balaban J connectivity index is 2.03. The molecule has 1 atom stereocenters. The first-order valence-electron chi connectivity index (χ1n) is 11.0. The average Bonchev–Trinajstić information content (AvgIpc) is 3.15. The minimum Gasteiger partial charge on any atom is -0.357 e. The summed E-state index contributed by atoms with van der Waals surface area (Å²) in [6, 6.07) is 8.95. The van der Waals surface area contributed by atoms with Crippen LogP contribution in [0.2, 0.25) is 0 Å². The number of carbonyl (C=O) groups excluding carboxylic acids is 3. The molecule has 172 valence electrons. The first kappa shape index (κ1) is 23.5. The topological polar surface area (TPSA) is 96.3 Å². The second kappa shape index (κ2) is 9.14. The fraction of sp³-hybridized carbons (Fsp3) is 0.500. The van der Waals surface area contributed by atoms with Crippen LogP contribution >= 0.6 is 0 Å². The van der Waals surface area contributed by atoms with Crippen molar-refractivity contribution in [3.63, 3.8) is 0 Å². The van der Waals surface area contributed by atoms with Crippen molar-refractivity contribution < 1.29 is 14.4 Å². The summed E-state index contributed by atoms with van der Waals surface area (Å²) in [5.74, 6) is -0.0800. The number of carbonyl (C=O) groups is 3. The van der Waals surface area contributed by atoms with Crippen LogP contribution in [-0.2, 0) is 22.7 Å². The number of nitrogens with one attached hydrogen (secondary N) is 2. The summed E-state index contributed by atoms with van der Waals surface area (Å²) in [4.78, 5) is 45.0. The number of aromatic nitrogens is 2. The van der Waals surface area contributed by atoms with Gasteiger partial charge in [0.2, 0.25) is 11.8 Å². The Kier molecular flexibility index (Phi) is 6.71. The molecule has 1 aromatic carbocycles. The molecule has 8 nitrogen and oxygen atoms in total. The zero-order valence-electron chi connectivity index (χ0n) is 19.7. The van der Waals surface area contributed by atoms with Gasteiger partial charge in [0, 0.05) is 31.6 Å². The van der Waals surface area contributed by atoms with Crippen molar-refractivity contribution >= 4 is 17.7 Å². The first-order chi connectivity index (χ1) is 15.0. The van der Waals surface area contributed by atoms with E-state index >= 15 is 0 Å². The molecule has 0 bridgehead atoms. The largest absolute Gasteiger partial charge is 0.357 e. The van der Waals surface area contributed by atoms with Crippen molar-refractivity contribution in [1.82, 2.24) is 25.1 Å². The van der Waals surface area contributed by atoms with Gasteiger partial charge in [-0.25, -0.2) is 4.98 Å². The van der Waals surface area contributed by atoms with Crippen molar-refractivity contribution in [2.24, 2.45) is 11.3 Å². The van der Waals surface area contributed by atoms with E-state index in [0.717, 1.165) is 5.56 Å². The lowest BCUT2D eigenvalue weighted by atomic mass is 9.86. The van der Waals surface area contributed by atoms with Gasteiger partial charge in [-0.2, -0.15) is 0 Å². The predicted molar refractivity (Wildman–Crippen MR) is 123 cm³/mol. The number of amides is 3. The van der Waals surface area contributed by atoms with E-state index in [1.165, 1.54) is 0 Å². The lowest BCUT2D eigenvalue weighted by molar-refractivity contribution is -0.135. The fourth-order valence-electron chi connectivity index (χ4n) is 3.93. The molecule has 3 amide bonds. The molecule has 0 saturated carbocycles. The Hall–Kier alpha value is -3.16. The fourth-order valence-corrected chi connectivity index (χ4v) is 3.93. The Bertz CT molecular complexity index is 1000. The average molecular weight is 440 g/mol. The van der Waals surface area contributed by atoms with Crippen molar-refractivity contribution in [2.75, 3.05) is 13.6 Å². The van der Waals surface area contributed by atoms with Crippen LogP contribution in [0.5, 0.6) is 0 Å². The monoisotopic (exact) mass is 439 g/mol. The maximum absolute atomic E-state index is 13.4. The molecule has 32 heavy (non-hydrogen) atoms. The Morgan fingerprint density at radius 3 is 2.28 bits per heavy atom. The number of likely N-dealkylation sites (N-methyl/N-ethyl adjacent to an activating group) is 1. The number of benzene rings is 1. The van der Waals surface area contributed by atoms with Gasteiger partial charge in [0.15, 0.2) is 5.69 Å². The van der Waals surface area contributed by atoms with E-state index in [0.29, 0.717) is 31.2 Å². The van der Waals surface area contributed by atoms with Crippen LogP contribution in [0.15, 0.2) is 30.3 Å². The standard InChI is InChI=1S/C24H33N5O3/c1-15(2)23(32)28-12-13-29-17(14-28)18(26-20(29)16-10-8-7-9-11-16)21(30)27-19(22(31)25-6)24(3,4)5/h7-11,15,19H,12-14H2,1-6H3,(H,25,31)(H,27,30)/t19-/m1/s1. The molecule has 0 unspecified atom stereocenters. The van der Waals surface area contributed by atoms with Crippen molar-refractivity contribution in [3.05, 3.63) is 41.7 Å². The molecule has 0 aliphatic carbocycles. The number of hydrogen-bond acceptors (Lipinski definition) is 4. The molecular weight excluding hydrogens is 406 g/mol. The van der Waals surface area contributed by atoms with Gasteiger partial charge in [-0.15, -0.1) is 0 Å². The minimum atomic E-state index is -0.727. The van der Waals surface area contributed by atoms with Gasteiger partial charge < -0.3 is 20.1 Å². The number of nitrogens with zero attached hydrogens (tertiary/aromatic N) is 3. The second-order valence-electron chi connectivity index (χ2n) is 9.55. The molecule has 3 rings (SSSR count). The summed E-state index contributed by atoms with van der Waals surface area (Å²) >= 11 is 0. The highest BCUT2D eigenvalue weighted by Gasteiger charge is 2.35. The quantitative estimate of drug-likeness (QED) is 0.748. The van der Waals surface area contributed by atoms with Crippen LogP contribution in [0, 0.1) is 11.3 Å². The van der Waals surface area contributed by atoms with Gasteiger partial charge in [-0.3, -0.25) is 14.4 Å². The third-order valence-electron chi connectivity index (χ3n) is 5.71. The van der Waals surface area contributed by atoms with Gasteiger partial charge >= 0.3 is 0 Å². The van der Waals surface area contributed by atoms with Gasteiger partial charge in [0.05, 0.1) is 12.2 Å². The maximum atomic E-state index is 13.4. The molecule has 2 aromatic rings. The molecular formula is C24H33N5O3. The Labute approximate surface area is 189 Å². The van der Waals surface area contributed by atoms with E-state index in [-0.39, 0.29) is 23.4 Å². The number of rotatable bonds is 5. The summed E-state index contributed by atoms with van der Waals surface area (Å²) in [6.07, 6.45) is 0. The van der Waals surface area contributed by atoms with E-state index < -0.39 is 17.4 Å². The predicted octanol–water partition coefficient (Wildman–Crippen LogP) is 2.44. The summed E-state index contributed by atoms with van der Waals surface area (Å²) in [5.41, 5.74) is 1.35. The maximum Gasteiger partial charge on any atom is 0.272 e. The summed E-state index contributed by atoms with van der Waals surface area (Å²) < 4.78 is 2.01. The Morgan fingerprint density at radius 1 is 1.06 bits per heavy atom. The summed E-state index contributed by atoms with van der Waals surface area (Å²) in [6.45, 7) is 10.8. The van der Waals surface area contributed by atoms with Crippen LogP contribution in [0.4, 0.5) is 0 Å². The molecule has 8 heteroatoms. The second-order valence-corrected chi connectivity index (χ2v) is 9.55. The number of fused-ring (bicyclic) bond motifs is 1. The van der Waals surface area contributed by atoms with E-state index in [1.807, 2.05) is 69.5 Å². The van der Waals surface area contributed by atoms with Gasteiger partial charge in [-0.05, 0) is 5.41 Å². The van der Waals surface area contributed by atoms with E-state index in [2.05, 4.69) is 10.6 Å². The molecule has 0 spiro atoms. The first-order valence-corrected chi connectivity index (χ1v) is 11.0. The molecule has 0 radical (unpaired) electrons. The Morgan fingerprint density at radius 2 is 1.72 bits per heavy atom. The highest BCUT2D eigenvalue weighted by molar-refractivity contribution is 5.98. The van der Waals surface area contributed by atoms with Crippen LogP contribution < -0.4 is 10.6 Å². The molecule has 0 saturated heterocycles. The van der Waals surface area contributed by atoms with Gasteiger partial charge in [0.25, 0.3) is 5.91 Å². The highest BCUT2D eigenvalue weighted by atomic mass is 16.2. The van der Waals surface area contributed by atoms with Crippen molar-refractivity contribution in [2.45, 2.75) is 53.8 Å². The molecule has 2 N–H and O–H groups in total. The normalized spacial score (nSPS) is 14.7. The SMILES string of the molecule is CNC(=O)[C@@H](NC(=O)c1nc(-c2ccccc2)n2c1CN(C(=O)C(C)C)CC2)C(C)(C)C. The van der Waals surface area contributed by atoms with Crippen LogP contribution in [0.3, 0.4) is 0 Å². The molecule has 2 heterocycles. The number of imidazole rings is 1. The molecule has 1 aliphatic rings. The summed E-state index contributed by atoms with van der Waals surface area (Å²) in [7, 11) is 1.55. The highest BCUT2D eigenvalue weighted by Crippen LogP contribution is 2.28. The number of hydrogen-bond donors (Lipinski definition) is 2. The molecule has 0 fully saturated rings. The van der Waals surface area contributed by atoms with Crippen molar-refractivity contribution in [3.8, 4) is 11.4 Å². The lowest BCUT2D eigenvalue weighted by Gasteiger charge is -2.31. The van der Waals surface area contributed by atoms with E-state index in [1.54, 1.807) is 11.9 Å². The third-order valence-corrected chi connectivity index (χ3v) is 5.71. The van der Waals surface area contributed by atoms with E-state index in [9.17, 15) is 14.4 Å². The summed E-state index contributed by atoms with van der Waals surface area (Å²) in [5, 5.41) is 5.50. The smallest absolute Gasteiger partial charge is 0.272 e. The molecule has 1 aromatic heterocycles.